The largest absolute Gasteiger partial charge is 0.386 e. The minimum absolute atomic E-state index is 0.117. The van der Waals surface area contributed by atoms with Gasteiger partial charge < -0.3 is 10.4 Å². The number of hydrogen-bond acceptors (Lipinski definition) is 4. The Bertz CT molecular complexity index is 762. The standard InChI is InChI=1S/C17H17ClN2O4/c1-10-14(4-3-5-15(10)20(23)24)17(22)19-11(2)16(21)12-6-8-13(18)9-7-12/h3-9,11,16,21H,1-2H3,(H,19,22). The number of aliphatic hydroxyl groups is 1. The minimum atomic E-state index is -0.926. The monoisotopic (exact) mass is 348 g/mol. The molecule has 0 aliphatic rings. The Morgan fingerprint density at radius 1 is 1.25 bits per heavy atom. The van der Waals surface area contributed by atoms with Crippen LogP contribution >= 0.6 is 11.6 Å². The van der Waals surface area contributed by atoms with Crippen LogP contribution in [0.3, 0.4) is 0 Å². The Morgan fingerprint density at radius 2 is 1.88 bits per heavy atom. The first-order chi connectivity index (χ1) is 11.3. The van der Waals surface area contributed by atoms with Crippen LogP contribution in [0.25, 0.3) is 0 Å². The third kappa shape index (κ3) is 3.90. The quantitative estimate of drug-likeness (QED) is 0.639. The number of hydrogen-bond donors (Lipinski definition) is 2. The molecule has 0 saturated heterocycles. The number of nitro benzene ring substituents is 1. The van der Waals surface area contributed by atoms with E-state index in [1.165, 1.54) is 25.1 Å². The van der Waals surface area contributed by atoms with Gasteiger partial charge in [-0.25, -0.2) is 0 Å². The number of amides is 1. The fraction of sp³-hybridized carbons (Fsp3) is 0.235. The molecule has 0 radical (unpaired) electrons. The van der Waals surface area contributed by atoms with Gasteiger partial charge in [-0.15, -0.1) is 0 Å². The number of nitro groups is 1. The zero-order valence-electron chi connectivity index (χ0n) is 13.2. The zero-order valence-corrected chi connectivity index (χ0v) is 13.9. The molecule has 2 atom stereocenters. The van der Waals surface area contributed by atoms with Gasteiger partial charge in [-0.05, 0) is 37.6 Å². The SMILES string of the molecule is Cc1c(C(=O)NC(C)C(O)c2ccc(Cl)cc2)cccc1[N+](=O)[O-]. The summed E-state index contributed by atoms with van der Waals surface area (Å²) in [7, 11) is 0. The van der Waals surface area contributed by atoms with Crippen LogP contribution in [-0.2, 0) is 0 Å². The van der Waals surface area contributed by atoms with Crippen LogP contribution in [0, 0.1) is 17.0 Å². The second kappa shape index (κ2) is 7.42. The lowest BCUT2D eigenvalue weighted by molar-refractivity contribution is -0.385. The topological polar surface area (TPSA) is 92.5 Å². The highest BCUT2D eigenvalue weighted by molar-refractivity contribution is 6.30. The molecule has 2 N–H and O–H groups in total. The van der Waals surface area contributed by atoms with E-state index in [1.807, 2.05) is 0 Å². The van der Waals surface area contributed by atoms with Crippen LogP contribution in [0.15, 0.2) is 42.5 Å². The Kier molecular flexibility index (Phi) is 5.54. The lowest BCUT2D eigenvalue weighted by atomic mass is 10.0. The van der Waals surface area contributed by atoms with Crippen molar-refractivity contribution in [1.82, 2.24) is 5.32 Å². The molecule has 7 heteroatoms. The summed E-state index contributed by atoms with van der Waals surface area (Å²) in [6.45, 7) is 3.18. The number of nitrogens with one attached hydrogen (secondary N) is 1. The molecular formula is C17H17ClN2O4. The summed E-state index contributed by atoms with van der Waals surface area (Å²) in [6, 6.07) is 10.4. The fourth-order valence-electron chi connectivity index (χ4n) is 2.38. The molecule has 24 heavy (non-hydrogen) atoms. The van der Waals surface area contributed by atoms with Gasteiger partial charge in [-0.3, -0.25) is 14.9 Å². The van der Waals surface area contributed by atoms with Crippen LogP contribution in [-0.4, -0.2) is 22.0 Å². The summed E-state index contributed by atoms with van der Waals surface area (Å²) in [6.07, 6.45) is -0.926. The second-order valence-electron chi connectivity index (χ2n) is 5.47. The third-order valence-corrected chi connectivity index (χ3v) is 4.04. The average Bonchev–Trinajstić information content (AvgIpc) is 2.54. The molecular weight excluding hydrogens is 332 g/mol. The van der Waals surface area contributed by atoms with Gasteiger partial charge in [0.1, 0.15) is 0 Å². The smallest absolute Gasteiger partial charge is 0.273 e. The van der Waals surface area contributed by atoms with Crippen molar-refractivity contribution in [3.8, 4) is 0 Å². The molecule has 0 aliphatic heterocycles. The average molecular weight is 349 g/mol. The van der Waals surface area contributed by atoms with Crippen molar-refractivity contribution in [3.05, 3.63) is 74.3 Å². The second-order valence-corrected chi connectivity index (χ2v) is 5.90. The molecule has 2 aromatic carbocycles. The van der Waals surface area contributed by atoms with Gasteiger partial charge in [0, 0.05) is 22.2 Å². The lowest BCUT2D eigenvalue weighted by Crippen LogP contribution is -2.37. The summed E-state index contributed by atoms with van der Waals surface area (Å²) in [5.74, 6) is -0.475. The van der Waals surface area contributed by atoms with E-state index in [9.17, 15) is 20.0 Å². The van der Waals surface area contributed by atoms with Gasteiger partial charge in [0.15, 0.2) is 0 Å². The summed E-state index contributed by atoms with van der Waals surface area (Å²) in [5.41, 5.74) is 0.990. The minimum Gasteiger partial charge on any atom is -0.386 e. The molecule has 2 unspecified atom stereocenters. The number of benzene rings is 2. The first kappa shape index (κ1) is 17.9. The van der Waals surface area contributed by atoms with Crippen LogP contribution in [0.2, 0.25) is 5.02 Å². The summed E-state index contributed by atoms with van der Waals surface area (Å²) < 4.78 is 0. The summed E-state index contributed by atoms with van der Waals surface area (Å²) in [5, 5.41) is 24.5. The van der Waals surface area contributed by atoms with Crippen molar-refractivity contribution in [1.29, 1.82) is 0 Å². The van der Waals surface area contributed by atoms with E-state index < -0.39 is 23.0 Å². The number of rotatable bonds is 5. The van der Waals surface area contributed by atoms with Gasteiger partial charge in [-0.1, -0.05) is 29.8 Å². The van der Waals surface area contributed by atoms with E-state index in [0.717, 1.165) is 0 Å². The van der Waals surface area contributed by atoms with Crippen LogP contribution in [0.5, 0.6) is 0 Å². The van der Waals surface area contributed by atoms with Crippen molar-refractivity contribution >= 4 is 23.2 Å². The molecule has 1 amide bonds. The first-order valence-corrected chi connectivity index (χ1v) is 7.67. The predicted molar refractivity (Wildman–Crippen MR) is 91.2 cm³/mol. The Labute approximate surface area is 144 Å². The normalized spacial score (nSPS) is 13.2. The highest BCUT2D eigenvalue weighted by Gasteiger charge is 2.22. The van der Waals surface area contributed by atoms with E-state index >= 15 is 0 Å². The number of nitrogens with zero attached hydrogens (tertiary/aromatic N) is 1. The van der Waals surface area contributed by atoms with Gasteiger partial charge in [0.25, 0.3) is 11.6 Å². The van der Waals surface area contributed by atoms with E-state index in [0.29, 0.717) is 10.6 Å². The Morgan fingerprint density at radius 3 is 2.46 bits per heavy atom. The molecule has 0 aromatic heterocycles. The third-order valence-electron chi connectivity index (χ3n) is 3.79. The number of carbonyl (C=O) groups excluding carboxylic acids is 1. The Balaban J connectivity index is 2.15. The van der Waals surface area contributed by atoms with Crippen LogP contribution in [0.4, 0.5) is 5.69 Å². The van der Waals surface area contributed by atoms with Gasteiger partial charge in [0.2, 0.25) is 0 Å². The van der Waals surface area contributed by atoms with Crippen LogP contribution in [0.1, 0.15) is 34.5 Å². The fourth-order valence-corrected chi connectivity index (χ4v) is 2.51. The van der Waals surface area contributed by atoms with Crippen molar-refractivity contribution in [2.75, 3.05) is 0 Å². The lowest BCUT2D eigenvalue weighted by Gasteiger charge is -2.21. The van der Waals surface area contributed by atoms with Crippen molar-refractivity contribution in [2.45, 2.75) is 26.0 Å². The first-order valence-electron chi connectivity index (χ1n) is 7.29. The van der Waals surface area contributed by atoms with Gasteiger partial charge >= 0.3 is 0 Å². The molecule has 0 spiro atoms. The Hall–Kier alpha value is -2.44. The molecule has 0 bridgehead atoms. The maximum Gasteiger partial charge on any atom is 0.273 e. The molecule has 126 valence electrons. The van der Waals surface area contributed by atoms with Crippen molar-refractivity contribution in [3.63, 3.8) is 0 Å². The molecule has 0 fully saturated rings. The van der Waals surface area contributed by atoms with E-state index in [1.54, 1.807) is 31.2 Å². The number of halogens is 1. The van der Waals surface area contributed by atoms with E-state index in [2.05, 4.69) is 5.32 Å². The van der Waals surface area contributed by atoms with Gasteiger partial charge in [-0.2, -0.15) is 0 Å². The van der Waals surface area contributed by atoms with Gasteiger partial charge in [0.05, 0.1) is 17.1 Å². The van der Waals surface area contributed by atoms with E-state index in [-0.39, 0.29) is 16.8 Å². The summed E-state index contributed by atoms with van der Waals surface area (Å²) in [4.78, 5) is 22.8. The van der Waals surface area contributed by atoms with Crippen LogP contribution < -0.4 is 5.32 Å². The molecule has 6 nitrogen and oxygen atoms in total. The molecule has 0 aliphatic carbocycles. The predicted octanol–water partition coefficient (Wildman–Crippen LogP) is 3.41. The molecule has 2 aromatic rings. The highest BCUT2D eigenvalue weighted by atomic mass is 35.5. The molecule has 0 saturated carbocycles. The maximum absolute atomic E-state index is 12.4. The number of carbonyl (C=O) groups is 1. The zero-order chi connectivity index (χ0) is 17.9. The van der Waals surface area contributed by atoms with Crippen molar-refractivity contribution in [2.24, 2.45) is 0 Å². The molecule has 2 rings (SSSR count). The van der Waals surface area contributed by atoms with E-state index in [4.69, 9.17) is 11.6 Å². The highest BCUT2D eigenvalue weighted by Crippen LogP contribution is 2.23. The summed E-state index contributed by atoms with van der Waals surface area (Å²) >= 11 is 5.81. The van der Waals surface area contributed by atoms with Crippen molar-refractivity contribution < 1.29 is 14.8 Å². The number of aliphatic hydroxyl groups excluding tert-OH is 1. The molecule has 0 heterocycles. The maximum atomic E-state index is 12.4.